The van der Waals surface area contributed by atoms with Gasteiger partial charge in [-0.15, -0.1) is 0 Å². The normalized spacial score (nSPS) is 13.1. The zero-order valence-electron chi connectivity index (χ0n) is 15.0. The van der Waals surface area contributed by atoms with Crippen LogP contribution in [-0.4, -0.2) is 10.5 Å². The summed E-state index contributed by atoms with van der Waals surface area (Å²) in [5, 5.41) is 2.55. The third-order valence-electron chi connectivity index (χ3n) is 3.83. The van der Waals surface area contributed by atoms with E-state index in [9.17, 15) is 22.3 Å². The first kappa shape index (κ1) is 20.4. The lowest BCUT2D eigenvalue weighted by molar-refractivity contribution is -0.111. The zero-order chi connectivity index (χ0) is 20.9. The van der Waals surface area contributed by atoms with Gasteiger partial charge in [0.25, 0.3) is 0 Å². The second-order valence-corrected chi connectivity index (χ2v) is 7.67. The van der Waals surface area contributed by atoms with Crippen LogP contribution >= 0.6 is 0 Å². The molecule has 1 amide bonds. The molecule has 3 aromatic carbocycles. The van der Waals surface area contributed by atoms with Crippen molar-refractivity contribution in [3.63, 3.8) is 0 Å². The Kier molecular flexibility index (Phi) is 6.16. The van der Waals surface area contributed by atoms with Crippen LogP contribution in [0.1, 0.15) is 5.56 Å². The molecule has 0 saturated heterocycles. The van der Waals surface area contributed by atoms with E-state index in [0.29, 0.717) is 5.56 Å². The summed E-state index contributed by atoms with van der Waals surface area (Å²) in [7, 11) is -4.05. The first-order chi connectivity index (χ1) is 13.8. The lowest BCUT2D eigenvalue weighted by Crippen LogP contribution is -2.22. The molecule has 2 N–H and O–H groups in total. The van der Waals surface area contributed by atoms with Gasteiger partial charge in [0, 0.05) is 17.8 Å². The molecule has 0 aliphatic carbocycles. The minimum absolute atomic E-state index is 0.138. The summed E-state index contributed by atoms with van der Waals surface area (Å²) in [5.74, 6) is -1.58. The number of halogens is 2. The maximum atomic E-state index is 13.7. The van der Waals surface area contributed by atoms with Crippen molar-refractivity contribution in [1.82, 2.24) is 0 Å². The van der Waals surface area contributed by atoms with Crippen LogP contribution in [0.3, 0.4) is 0 Å². The minimum Gasteiger partial charge on any atom is -0.588 e. The first-order valence-corrected chi connectivity index (χ1v) is 9.94. The smallest absolute Gasteiger partial charge is 0.248 e. The molecular weight excluding hydrogens is 398 g/mol. The number of hydrogen-bond donors (Lipinski definition) is 2. The first-order valence-electron chi connectivity index (χ1n) is 8.45. The Balaban J connectivity index is 1.71. The van der Waals surface area contributed by atoms with Crippen LogP contribution in [0, 0.1) is 11.6 Å². The molecule has 0 saturated carbocycles. The quantitative estimate of drug-likeness (QED) is 0.456. The number of amides is 1. The van der Waals surface area contributed by atoms with Crippen molar-refractivity contribution < 1.29 is 22.3 Å². The molecule has 29 heavy (non-hydrogen) atoms. The van der Waals surface area contributed by atoms with Crippen LogP contribution in [0.5, 0.6) is 0 Å². The van der Waals surface area contributed by atoms with Crippen molar-refractivity contribution in [2.45, 2.75) is 4.90 Å². The molecule has 5 nitrogen and oxygen atoms in total. The van der Waals surface area contributed by atoms with Crippen molar-refractivity contribution in [2.24, 2.45) is 0 Å². The van der Waals surface area contributed by atoms with E-state index in [1.807, 2.05) is 0 Å². The molecule has 0 bridgehead atoms. The molecule has 3 aromatic rings. The summed E-state index contributed by atoms with van der Waals surface area (Å²) < 4.78 is 53.8. The SMILES string of the molecule is O=C(/C=C/c1ccc(F)cc1)Nc1cccc([S+](=O)([O-])Nc2ccccc2F)c1. The molecule has 1 atom stereocenters. The molecule has 148 valence electrons. The van der Waals surface area contributed by atoms with Gasteiger partial charge in [-0.3, -0.25) is 4.79 Å². The van der Waals surface area contributed by atoms with Gasteiger partial charge in [-0.05, 0) is 48.0 Å². The van der Waals surface area contributed by atoms with Gasteiger partial charge in [-0.2, -0.15) is 4.72 Å². The highest BCUT2D eigenvalue weighted by Gasteiger charge is 2.22. The highest BCUT2D eigenvalue weighted by atomic mass is 32.3. The predicted octanol–water partition coefficient (Wildman–Crippen LogP) is 4.63. The van der Waals surface area contributed by atoms with E-state index >= 15 is 0 Å². The summed E-state index contributed by atoms with van der Waals surface area (Å²) in [6.45, 7) is 0. The standard InChI is InChI=1S/C21H16F2N2O3S/c22-16-11-8-15(9-12-16)10-13-21(26)24-17-4-3-5-18(14-17)29(27,28)25-20-7-2-1-6-19(20)23/h1-14H,(H2-,24,25,26,27,28)/b13-10+. The second-order valence-electron chi connectivity index (χ2n) is 5.99. The Hall–Kier alpha value is -3.36. The fourth-order valence-corrected chi connectivity index (χ4v) is 3.53. The molecule has 1 unspecified atom stereocenters. The Morgan fingerprint density at radius 1 is 0.966 bits per heavy atom. The van der Waals surface area contributed by atoms with Crippen molar-refractivity contribution in [1.29, 1.82) is 0 Å². The van der Waals surface area contributed by atoms with Crippen LogP contribution in [0.4, 0.5) is 20.2 Å². The Bertz CT molecular complexity index is 1100. The van der Waals surface area contributed by atoms with Crippen molar-refractivity contribution in [3.05, 3.63) is 96.1 Å². The summed E-state index contributed by atoms with van der Waals surface area (Å²) in [4.78, 5) is 11.9. The van der Waals surface area contributed by atoms with Gasteiger partial charge < -0.3 is 9.87 Å². The van der Waals surface area contributed by atoms with E-state index in [0.717, 1.165) is 6.07 Å². The molecule has 0 spiro atoms. The zero-order valence-corrected chi connectivity index (χ0v) is 15.8. The number of benzene rings is 3. The number of carbonyl (C=O) groups is 1. The third kappa shape index (κ3) is 5.56. The molecular formula is C21H16F2N2O3S. The number of rotatable bonds is 6. The highest BCUT2D eigenvalue weighted by Crippen LogP contribution is 2.24. The third-order valence-corrected chi connectivity index (χ3v) is 5.19. The number of anilines is 2. The fraction of sp³-hybridized carbons (Fsp3) is 0. The maximum Gasteiger partial charge on any atom is 0.248 e. The molecule has 0 radical (unpaired) electrons. The second kappa shape index (κ2) is 8.76. The molecule has 0 fully saturated rings. The maximum absolute atomic E-state index is 13.7. The average Bonchev–Trinajstić information content (AvgIpc) is 2.69. The van der Waals surface area contributed by atoms with Gasteiger partial charge >= 0.3 is 0 Å². The van der Waals surface area contributed by atoms with Gasteiger partial charge in [-0.25, -0.2) is 8.78 Å². The molecule has 8 heteroatoms. The molecule has 3 rings (SSSR count). The van der Waals surface area contributed by atoms with Crippen molar-refractivity contribution in [3.8, 4) is 0 Å². The summed E-state index contributed by atoms with van der Waals surface area (Å²) in [5.41, 5.74) is 0.700. The van der Waals surface area contributed by atoms with E-state index in [-0.39, 0.29) is 22.1 Å². The predicted molar refractivity (Wildman–Crippen MR) is 108 cm³/mol. The van der Waals surface area contributed by atoms with E-state index in [1.165, 1.54) is 78.9 Å². The van der Waals surface area contributed by atoms with Crippen molar-refractivity contribution in [2.75, 3.05) is 10.0 Å². The van der Waals surface area contributed by atoms with E-state index in [4.69, 9.17) is 0 Å². The number of hydrogen-bond acceptors (Lipinski definition) is 3. The van der Waals surface area contributed by atoms with Crippen LogP contribution in [0.25, 0.3) is 6.08 Å². The Morgan fingerprint density at radius 3 is 2.41 bits per heavy atom. The monoisotopic (exact) mass is 414 g/mol. The number of para-hydroxylation sites is 1. The number of sulfonamides is 1. The van der Waals surface area contributed by atoms with Gasteiger partial charge in [0.15, 0.2) is 21.1 Å². The van der Waals surface area contributed by atoms with E-state index < -0.39 is 22.1 Å². The molecule has 0 aliphatic rings. The van der Waals surface area contributed by atoms with Crippen LogP contribution < -0.4 is 10.0 Å². The highest BCUT2D eigenvalue weighted by molar-refractivity contribution is 7.99. The Labute approximate surface area is 167 Å². The summed E-state index contributed by atoms with van der Waals surface area (Å²) >= 11 is 0. The minimum atomic E-state index is -4.05. The summed E-state index contributed by atoms with van der Waals surface area (Å²) in [6.07, 6.45) is 2.74. The van der Waals surface area contributed by atoms with E-state index in [2.05, 4.69) is 10.0 Å². The largest absolute Gasteiger partial charge is 0.588 e. The van der Waals surface area contributed by atoms with Gasteiger partial charge in [0.1, 0.15) is 11.5 Å². The summed E-state index contributed by atoms with van der Waals surface area (Å²) in [6, 6.07) is 16.5. The lowest BCUT2D eigenvalue weighted by Gasteiger charge is -2.17. The van der Waals surface area contributed by atoms with Gasteiger partial charge in [0.2, 0.25) is 5.91 Å². The van der Waals surface area contributed by atoms with E-state index in [1.54, 1.807) is 0 Å². The molecule has 0 aromatic heterocycles. The van der Waals surface area contributed by atoms with Crippen LogP contribution in [0.15, 0.2) is 83.8 Å². The van der Waals surface area contributed by atoms with Crippen LogP contribution in [0.2, 0.25) is 0 Å². The Morgan fingerprint density at radius 2 is 1.69 bits per heavy atom. The molecule has 0 aliphatic heterocycles. The van der Waals surface area contributed by atoms with Gasteiger partial charge in [0.05, 0.1) is 0 Å². The average molecular weight is 414 g/mol. The fourth-order valence-electron chi connectivity index (χ4n) is 2.42. The van der Waals surface area contributed by atoms with Crippen LogP contribution in [-0.2, 0) is 19.4 Å². The number of carbonyl (C=O) groups excluding carboxylic acids is 1. The van der Waals surface area contributed by atoms with Crippen molar-refractivity contribution >= 4 is 33.8 Å². The molecule has 0 heterocycles. The van der Waals surface area contributed by atoms with Gasteiger partial charge in [-0.1, -0.05) is 34.5 Å². The topological polar surface area (TPSA) is 81.3 Å². The number of nitrogens with one attached hydrogen (secondary N) is 2. The lowest BCUT2D eigenvalue weighted by atomic mass is 10.2.